The van der Waals surface area contributed by atoms with E-state index in [0.717, 1.165) is 10.5 Å². The molecule has 0 saturated heterocycles. The van der Waals surface area contributed by atoms with Gasteiger partial charge in [-0.15, -0.1) is 11.8 Å². The van der Waals surface area contributed by atoms with E-state index in [1.54, 1.807) is 32.2 Å². The minimum Gasteiger partial charge on any atom is -0.495 e. The second-order valence-electron chi connectivity index (χ2n) is 5.20. The van der Waals surface area contributed by atoms with Crippen molar-refractivity contribution in [3.05, 3.63) is 58.1 Å². The molecule has 126 valence electrons. The van der Waals surface area contributed by atoms with Gasteiger partial charge in [0.1, 0.15) is 5.75 Å². The fourth-order valence-corrected chi connectivity index (χ4v) is 2.93. The van der Waals surface area contributed by atoms with Crippen LogP contribution in [-0.4, -0.2) is 23.2 Å². The molecule has 6 nitrogen and oxygen atoms in total. The molecule has 0 bridgehead atoms. The third kappa shape index (κ3) is 4.48. The molecule has 0 aromatic heterocycles. The number of anilines is 1. The summed E-state index contributed by atoms with van der Waals surface area (Å²) in [5.41, 5.74) is 1.67. The molecule has 7 heteroatoms. The highest BCUT2D eigenvalue weighted by Crippen LogP contribution is 2.29. The van der Waals surface area contributed by atoms with E-state index >= 15 is 0 Å². The number of carbonyl (C=O) groups excluding carboxylic acids is 1. The maximum absolute atomic E-state index is 12.4. The number of rotatable bonds is 6. The number of benzene rings is 2. The number of methoxy groups -OCH3 is 1. The molecule has 0 radical (unpaired) electrons. The lowest BCUT2D eigenvalue weighted by atomic mass is 10.2. The van der Waals surface area contributed by atoms with E-state index in [0.29, 0.717) is 11.4 Å². The number of nitro groups is 1. The summed E-state index contributed by atoms with van der Waals surface area (Å²) in [6.07, 6.45) is 0. The first-order chi connectivity index (χ1) is 11.4. The molecule has 2 aromatic rings. The van der Waals surface area contributed by atoms with Crippen LogP contribution in [0.25, 0.3) is 0 Å². The molecule has 0 fully saturated rings. The van der Waals surface area contributed by atoms with Crippen LogP contribution in [0.5, 0.6) is 5.75 Å². The number of amides is 1. The van der Waals surface area contributed by atoms with E-state index < -0.39 is 4.92 Å². The van der Waals surface area contributed by atoms with E-state index in [4.69, 9.17) is 4.74 Å². The monoisotopic (exact) mass is 346 g/mol. The van der Waals surface area contributed by atoms with Gasteiger partial charge in [-0.1, -0.05) is 6.07 Å². The Morgan fingerprint density at radius 1 is 1.25 bits per heavy atom. The number of hydrogen-bond acceptors (Lipinski definition) is 5. The Hall–Kier alpha value is -2.54. The lowest BCUT2D eigenvalue weighted by Gasteiger charge is -2.14. The normalized spacial score (nSPS) is 11.6. The second kappa shape index (κ2) is 7.83. The highest BCUT2D eigenvalue weighted by molar-refractivity contribution is 8.00. The molecule has 0 saturated carbocycles. The van der Waals surface area contributed by atoms with Gasteiger partial charge in [0.2, 0.25) is 5.91 Å². The van der Waals surface area contributed by atoms with Crippen LogP contribution in [0.4, 0.5) is 11.4 Å². The standard InChI is InChI=1S/C17H18N2O4S/c1-11-4-9-16(23-3)15(10-11)18-17(20)12(2)24-14-7-5-13(6-8-14)19(21)22/h4-10,12H,1-3H3,(H,18,20)/t12-/m1/s1. The third-order valence-corrected chi connectivity index (χ3v) is 4.45. The summed E-state index contributed by atoms with van der Waals surface area (Å²) in [6, 6.07) is 11.7. The minimum atomic E-state index is -0.450. The first kappa shape index (κ1) is 17.8. The lowest BCUT2D eigenvalue weighted by molar-refractivity contribution is -0.384. The van der Waals surface area contributed by atoms with Crippen molar-refractivity contribution >= 4 is 29.0 Å². The number of nitrogens with one attached hydrogen (secondary N) is 1. The molecule has 2 rings (SSSR count). The van der Waals surface area contributed by atoms with Gasteiger partial charge < -0.3 is 10.1 Å². The van der Waals surface area contributed by atoms with E-state index in [-0.39, 0.29) is 16.8 Å². The zero-order valence-electron chi connectivity index (χ0n) is 13.6. The minimum absolute atomic E-state index is 0.0287. The van der Waals surface area contributed by atoms with Crippen LogP contribution in [0.15, 0.2) is 47.4 Å². The zero-order valence-corrected chi connectivity index (χ0v) is 14.4. The molecule has 1 amide bonds. The summed E-state index contributed by atoms with van der Waals surface area (Å²) in [4.78, 5) is 23.4. The number of carbonyl (C=O) groups is 1. The molecule has 0 aliphatic carbocycles. The molecule has 0 heterocycles. The van der Waals surface area contributed by atoms with Crippen LogP contribution < -0.4 is 10.1 Å². The number of ether oxygens (including phenoxy) is 1. The van der Waals surface area contributed by atoms with Crippen LogP contribution >= 0.6 is 11.8 Å². The summed E-state index contributed by atoms with van der Waals surface area (Å²) in [5.74, 6) is 0.434. The van der Waals surface area contributed by atoms with E-state index in [1.165, 1.54) is 23.9 Å². The summed E-state index contributed by atoms with van der Waals surface area (Å²) in [5, 5.41) is 13.2. The summed E-state index contributed by atoms with van der Waals surface area (Å²) in [7, 11) is 1.55. The Morgan fingerprint density at radius 3 is 2.50 bits per heavy atom. The fraction of sp³-hybridized carbons (Fsp3) is 0.235. The molecule has 0 unspecified atom stereocenters. The maximum atomic E-state index is 12.4. The van der Waals surface area contributed by atoms with Gasteiger partial charge in [0, 0.05) is 17.0 Å². The Bertz CT molecular complexity index is 747. The van der Waals surface area contributed by atoms with Crippen molar-refractivity contribution < 1.29 is 14.5 Å². The van der Waals surface area contributed by atoms with Gasteiger partial charge in [0.25, 0.3) is 5.69 Å². The molecule has 0 aliphatic rings. The Balaban J connectivity index is 2.04. The van der Waals surface area contributed by atoms with Gasteiger partial charge in [-0.2, -0.15) is 0 Å². The van der Waals surface area contributed by atoms with Crippen molar-refractivity contribution in [2.24, 2.45) is 0 Å². The summed E-state index contributed by atoms with van der Waals surface area (Å²) in [6.45, 7) is 3.72. The molecule has 0 spiro atoms. The van der Waals surface area contributed by atoms with Crippen molar-refractivity contribution in [2.45, 2.75) is 24.0 Å². The molecule has 24 heavy (non-hydrogen) atoms. The van der Waals surface area contributed by atoms with Crippen LogP contribution in [0.1, 0.15) is 12.5 Å². The summed E-state index contributed by atoms with van der Waals surface area (Å²) >= 11 is 1.33. The van der Waals surface area contributed by atoms with Crippen molar-refractivity contribution in [1.82, 2.24) is 0 Å². The second-order valence-corrected chi connectivity index (χ2v) is 6.62. The first-order valence-corrected chi connectivity index (χ1v) is 8.15. The Labute approximate surface area is 144 Å². The predicted molar refractivity (Wildman–Crippen MR) is 94.8 cm³/mol. The maximum Gasteiger partial charge on any atom is 0.269 e. The number of nitro benzene ring substituents is 1. The van der Waals surface area contributed by atoms with Gasteiger partial charge >= 0.3 is 0 Å². The molecule has 1 N–H and O–H groups in total. The number of hydrogen-bond donors (Lipinski definition) is 1. The molecular formula is C17H18N2O4S. The van der Waals surface area contributed by atoms with Crippen LogP contribution in [-0.2, 0) is 4.79 Å². The number of nitrogens with zero attached hydrogens (tertiary/aromatic N) is 1. The average Bonchev–Trinajstić information content (AvgIpc) is 2.55. The Kier molecular flexibility index (Phi) is 5.81. The highest BCUT2D eigenvalue weighted by atomic mass is 32.2. The summed E-state index contributed by atoms with van der Waals surface area (Å²) < 4.78 is 5.25. The van der Waals surface area contributed by atoms with E-state index in [1.807, 2.05) is 19.1 Å². The number of thioether (sulfide) groups is 1. The predicted octanol–water partition coefficient (Wildman–Crippen LogP) is 4.03. The molecule has 0 aliphatic heterocycles. The number of non-ortho nitro benzene ring substituents is 1. The Morgan fingerprint density at radius 2 is 1.92 bits per heavy atom. The largest absolute Gasteiger partial charge is 0.495 e. The van der Waals surface area contributed by atoms with Crippen LogP contribution in [0, 0.1) is 17.0 Å². The SMILES string of the molecule is COc1ccc(C)cc1NC(=O)[C@@H](C)Sc1ccc([N+](=O)[O-])cc1. The van der Waals surface area contributed by atoms with Gasteiger partial charge in [0.05, 0.1) is 23.0 Å². The van der Waals surface area contributed by atoms with Crippen molar-refractivity contribution in [2.75, 3.05) is 12.4 Å². The third-order valence-electron chi connectivity index (χ3n) is 3.34. The zero-order chi connectivity index (χ0) is 17.7. The smallest absolute Gasteiger partial charge is 0.269 e. The highest BCUT2D eigenvalue weighted by Gasteiger charge is 2.17. The van der Waals surface area contributed by atoms with Gasteiger partial charge in [0.15, 0.2) is 0 Å². The van der Waals surface area contributed by atoms with E-state index in [2.05, 4.69) is 5.32 Å². The van der Waals surface area contributed by atoms with Gasteiger partial charge in [-0.3, -0.25) is 14.9 Å². The van der Waals surface area contributed by atoms with Crippen LogP contribution in [0.2, 0.25) is 0 Å². The molecular weight excluding hydrogens is 328 g/mol. The quantitative estimate of drug-likeness (QED) is 0.485. The molecule has 2 aromatic carbocycles. The van der Waals surface area contributed by atoms with E-state index in [9.17, 15) is 14.9 Å². The lowest BCUT2D eigenvalue weighted by Crippen LogP contribution is -2.22. The van der Waals surface area contributed by atoms with Gasteiger partial charge in [-0.05, 0) is 43.7 Å². The number of aryl methyl sites for hydroxylation is 1. The fourth-order valence-electron chi connectivity index (χ4n) is 2.06. The average molecular weight is 346 g/mol. The van der Waals surface area contributed by atoms with Gasteiger partial charge in [-0.25, -0.2) is 0 Å². The van der Waals surface area contributed by atoms with Crippen molar-refractivity contribution in [1.29, 1.82) is 0 Å². The van der Waals surface area contributed by atoms with Crippen molar-refractivity contribution in [3.63, 3.8) is 0 Å². The first-order valence-electron chi connectivity index (χ1n) is 7.27. The van der Waals surface area contributed by atoms with Crippen molar-refractivity contribution in [3.8, 4) is 5.75 Å². The molecule has 1 atom stereocenters. The topological polar surface area (TPSA) is 81.5 Å². The van der Waals surface area contributed by atoms with Crippen LogP contribution in [0.3, 0.4) is 0 Å².